The van der Waals surface area contributed by atoms with Crippen molar-refractivity contribution in [1.29, 1.82) is 0 Å². The number of aromatic hydroxyl groups is 1. The number of hydrogen-bond donors (Lipinski definition) is 1. The van der Waals surface area contributed by atoms with Gasteiger partial charge in [-0.1, -0.05) is 0 Å². The monoisotopic (exact) mass is 138 g/mol. The molecule has 0 saturated heterocycles. The second kappa shape index (κ2) is 2.43. The summed E-state index contributed by atoms with van der Waals surface area (Å²) < 4.78 is 0. The number of rotatable bonds is 1. The molecule has 10 heavy (non-hydrogen) atoms. The van der Waals surface area contributed by atoms with Gasteiger partial charge in [-0.05, 0) is 0 Å². The Balaban J connectivity index is 3.07. The molecular weight excluding hydrogens is 132 g/mol. The van der Waals surface area contributed by atoms with E-state index in [0.29, 0.717) is 0 Å². The highest BCUT2D eigenvalue weighted by Crippen LogP contribution is 2.01. The first kappa shape index (κ1) is 6.67. The standard InChI is InChI=1S/C6H6N2O2/c1-4(9)5-2-7-3-6(10)8-5/h2-3H,1H3,(H,8,10). The Morgan fingerprint density at radius 2 is 2.30 bits per heavy atom. The maximum Gasteiger partial charge on any atom is 0.230 e. The molecule has 1 N–H and O–H groups in total. The van der Waals surface area contributed by atoms with E-state index in [1.54, 1.807) is 0 Å². The van der Waals surface area contributed by atoms with Gasteiger partial charge in [0.25, 0.3) is 0 Å². The minimum absolute atomic E-state index is 0.181. The van der Waals surface area contributed by atoms with Crippen LogP contribution in [0.3, 0.4) is 0 Å². The molecule has 0 unspecified atom stereocenters. The molecule has 0 amide bonds. The van der Waals surface area contributed by atoms with Crippen LogP contribution in [-0.2, 0) is 0 Å². The molecule has 0 spiro atoms. The van der Waals surface area contributed by atoms with E-state index in [4.69, 9.17) is 5.11 Å². The molecule has 0 aliphatic carbocycles. The molecule has 52 valence electrons. The normalized spacial score (nSPS) is 9.30. The second-order valence-electron chi connectivity index (χ2n) is 1.82. The van der Waals surface area contributed by atoms with Gasteiger partial charge < -0.3 is 5.11 Å². The second-order valence-corrected chi connectivity index (χ2v) is 1.82. The molecule has 0 saturated carbocycles. The predicted octanol–water partition coefficient (Wildman–Crippen LogP) is 0.385. The number of Topliss-reactive ketones (excluding diaryl/α,β-unsaturated/α-hetero) is 1. The topological polar surface area (TPSA) is 63.1 Å². The largest absolute Gasteiger partial charge is 0.492 e. The smallest absolute Gasteiger partial charge is 0.230 e. The van der Waals surface area contributed by atoms with Gasteiger partial charge in [-0.25, -0.2) is 4.98 Å². The molecular formula is C6H6N2O2. The fourth-order valence-electron chi connectivity index (χ4n) is 0.525. The van der Waals surface area contributed by atoms with Gasteiger partial charge in [0.2, 0.25) is 5.88 Å². The average Bonchev–Trinajstić information content (AvgIpc) is 1.88. The number of nitrogens with zero attached hydrogens (tertiary/aromatic N) is 2. The lowest BCUT2D eigenvalue weighted by Crippen LogP contribution is -1.96. The van der Waals surface area contributed by atoms with Crippen molar-refractivity contribution in [3.63, 3.8) is 0 Å². The molecule has 0 bridgehead atoms. The molecule has 4 nitrogen and oxygen atoms in total. The minimum Gasteiger partial charge on any atom is -0.492 e. The molecule has 0 aliphatic rings. The van der Waals surface area contributed by atoms with E-state index in [1.165, 1.54) is 19.3 Å². The predicted molar refractivity (Wildman–Crippen MR) is 33.7 cm³/mol. The first-order valence-corrected chi connectivity index (χ1v) is 2.72. The van der Waals surface area contributed by atoms with E-state index in [-0.39, 0.29) is 17.4 Å². The van der Waals surface area contributed by atoms with Crippen molar-refractivity contribution in [3.05, 3.63) is 18.1 Å². The van der Waals surface area contributed by atoms with E-state index in [0.717, 1.165) is 0 Å². The molecule has 0 radical (unpaired) electrons. The lowest BCUT2D eigenvalue weighted by atomic mass is 10.3. The van der Waals surface area contributed by atoms with Crippen molar-refractivity contribution in [2.75, 3.05) is 0 Å². The molecule has 1 aromatic heterocycles. The quantitative estimate of drug-likeness (QED) is 0.570. The van der Waals surface area contributed by atoms with Gasteiger partial charge >= 0.3 is 0 Å². The summed E-state index contributed by atoms with van der Waals surface area (Å²) in [6.07, 6.45) is 2.48. The van der Waals surface area contributed by atoms with Gasteiger partial charge in [-0.2, -0.15) is 0 Å². The number of carbonyl (C=O) groups is 1. The lowest BCUT2D eigenvalue weighted by Gasteiger charge is -1.92. The van der Waals surface area contributed by atoms with Gasteiger partial charge in [-0.3, -0.25) is 9.78 Å². The lowest BCUT2D eigenvalue weighted by molar-refractivity contribution is 0.101. The SMILES string of the molecule is CC(=O)c1cncc(O)n1. The van der Waals surface area contributed by atoms with Crippen molar-refractivity contribution >= 4 is 5.78 Å². The van der Waals surface area contributed by atoms with Crippen LogP contribution < -0.4 is 0 Å². The van der Waals surface area contributed by atoms with Crippen molar-refractivity contribution < 1.29 is 9.90 Å². The van der Waals surface area contributed by atoms with E-state index in [2.05, 4.69) is 9.97 Å². The molecule has 0 aromatic carbocycles. The van der Waals surface area contributed by atoms with E-state index in [9.17, 15) is 4.79 Å². The highest BCUT2D eigenvalue weighted by Gasteiger charge is 2.00. The van der Waals surface area contributed by atoms with Gasteiger partial charge in [0.1, 0.15) is 5.69 Å². The summed E-state index contributed by atoms with van der Waals surface area (Å²) in [6.45, 7) is 1.36. The fourth-order valence-corrected chi connectivity index (χ4v) is 0.525. The van der Waals surface area contributed by atoms with Gasteiger partial charge in [0.15, 0.2) is 5.78 Å². The molecule has 1 rings (SSSR count). The maximum atomic E-state index is 10.6. The van der Waals surface area contributed by atoms with Crippen molar-refractivity contribution in [1.82, 2.24) is 9.97 Å². The van der Waals surface area contributed by atoms with Crippen LogP contribution in [0.2, 0.25) is 0 Å². The van der Waals surface area contributed by atoms with Crippen molar-refractivity contribution in [2.45, 2.75) is 6.92 Å². The summed E-state index contributed by atoms with van der Waals surface area (Å²) in [5.74, 6) is -0.434. The number of ketones is 1. The average molecular weight is 138 g/mol. The van der Waals surface area contributed by atoms with E-state index < -0.39 is 0 Å². The van der Waals surface area contributed by atoms with Crippen LogP contribution >= 0.6 is 0 Å². The Morgan fingerprint density at radius 3 is 2.70 bits per heavy atom. The third-order valence-electron chi connectivity index (χ3n) is 0.983. The fraction of sp³-hybridized carbons (Fsp3) is 0.167. The van der Waals surface area contributed by atoms with Crippen LogP contribution in [0.15, 0.2) is 12.4 Å². The zero-order valence-electron chi connectivity index (χ0n) is 5.40. The molecule has 0 fully saturated rings. The van der Waals surface area contributed by atoms with E-state index >= 15 is 0 Å². The van der Waals surface area contributed by atoms with Crippen LogP contribution in [0.1, 0.15) is 17.4 Å². The Labute approximate surface area is 57.6 Å². The summed E-state index contributed by atoms with van der Waals surface area (Å²) in [6, 6.07) is 0. The van der Waals surface area contributed by atoms with Crippen LogP contribution in [0.4, 0.5) is 0 Å². The van der Waals surface area contributed by atoms with Gasteiger partial charge in [0, 0.05) is 6.92 Å². The Kier molecular flexibility index (Phi) is 1.62. The first-order valence-electron chi connectivity index (χ1n) is 2.72. The molecule has 4 heteroatoms. The Hall–Kier alpha value is -1.45. The Morgan fingerprint density at radius 1 is 1.60 bits per heavy atom. The highest BCUT2D eigenvalue weighted by atomic mass is 16.3. The third-order valence-corrected chi connectivity index (χ3v) is 0.983. The molecule has 1 heterocycles. The van der Waals surface area contributed by atoms with Crippen molar-refractivity contribution in [2.24, 2.45) is 0 Å². The first-order chi connectivity index (χ1) is 4.70. The van der Waals surface area contributed by atoms with Crippen LogP contribution in [-0.4, -0.2) is 20.9 Å². The zero-order chi connectivity index (χ0) is 7.56. The van der Waals surface area contributed by atoms with Crippen LogP contribution in [0.25, 0.3) is 0 Å². The van der Waals surface area contributed by atoms with Crippen molar-refractivity contribution in [3.8, 4) is 5.88 Å². The van der Waals surface area contributed by atoms with Gasteiger partial charge in [-0.15, -0.1) is 0 Å². The number of aromatic nitrogens is 2. The minimum atomic E-state index is -0.229. The zero-order valence-corrected chi connectivity index (χ0v) is 5.40. The summed E-state index contributed by atoms with van der Waals surface area (Å²) in [5, 5.41) is 8.74. The summed E-state index contributed by atoms with van der Waals surface area (Å²) in [4.78, 5) is 17.7. The summed E-state index contributed by atoms with van der Waals surface area (Å²) >= 11 is 0. The molecule has 0 aliphatic heterocycles. The van der Waals surface area contributed by atoms with Gasteiger partial charge in [0.05, 0.1) is 12.4 Å². The highest BCUT2D eigenvalue weighted by molar-refractivity contribution is 5.91. The maximum absolute atomic E-state index is 10.6. The number of carbonyl (C=O) groups excluding carboxylic acids is 1. The van der Waals surface area contributed by atoms with E-state index in [1.807, 2.05) is 0 Å². The molecule has 0 atom stereocenters. The molecule has 1 aromatic rings. The number of hydrogen-bond acceptors (Lipinski definition) is 4. The third kappa shape index (κ3) is 1.28. The summed E-state index contributed by atoms with van der Waals surface area (Å²) in [5.41, 5.74) is 0.181. The van der Waals surface area contributed by atoms with Crippen LogP contribution in [0.5, 0.6) is 5.88 Å². The van der Waals surface area contributed by atoms with Crippen LogP contribution in [0, 0.1) is 0 Å². The summed E-state index contributed by atoms with van der Waals surface area (Å²) in [7, 11) is 0. The Bertz CT molecular complexity index is 260.